The molecule has 6 rings (SSSR count). The van der Waals surface area contributed by atoms with E-state index in [1.807, 2.05) is 23.1 Å². The van der Waals surface area contributed by atoms with E-state index in [0.29, 0.717) is 32.6 Å². The van der Waals surface area contributed by atoms with Crippen molar-refractivity contribution in [3.8, 4) is 17.3 Å². The summed E-state index contributed by atoms with van der Waals surface area (Å²) in [5, 5.41) is 15.1. The molecule has 1 amide bonds. The number of rotatable bonds is 5. The van der Waals surface area contributed by atoms with Gasteiger partial charge in [-0.15, -0.1) is 0 Å². The minimum Gasteiger partial charge on any atom is -0.346 e. The molecule has 1 saturated carbocycles. The first-order valence-corrected chi connectivity index (χ1v) is 12.2. The molecule has 1 aliphatic carbocycles. The third-order valence-corrected chi connectivity index (χ3v) is 7.62. The summed E-state index contributed by atoms with van der Waals surface area (Å²) in [6.07, 6.45) is 9.00. The second kappa shape index (κ2) is 9.05. The van der Waals surface area contributed by atoms with Gasteiger partial charge in [0.05, 0.1) is 29.9 Å². The first kappa shape index (κ1) is 23.2. The van der Waals surface area contributed by atoms with Crippen molar-refractivity contribution < 1.29 is 13.6 Å². The molecular formula is C26H24F2N8O. The number of nitriles is 1. The van der Waals surface area contributed by atoms with Crippen LogP contribution in [0.1, 0.15) is 29.6 Å². The number of nitrogens with zero attached hydrogens (tertiary/aromatic N) is 7. The smallest absolute Gasteiger partial charge is 0.254 e. The van der Waals surface area contributed by atoms with Gasteiger partial charge in [-0.25, -0.2) is 18.7 Å². The van der Waals surface area contributed by atoms with Gasteiger partial charge in [-0.3, -0.25) is 14.4 Å². The van der Waals surface area contributed by atoms with E-state index in [1.165, 1.54) is 12.4 Å². The number of aromatic amines is 1. The number of piperazine rings is 1. The molecule has 9 nitrogen and oxygen atoms in total. The zero-order valence-electron chi connectivity index (χ0n) is 19.9. The van der Waals surface area contributed by atoms with Crippen molar-refractivity contribution in [1.82, 2.24) is 34.5 Å². The van der Waals surface area contributed by atoms with E-state index in [1.54, 1.807) is 11.1 Å². The summed E-state index contributed by atoms with van der Waals surface area (Å²) >= 11 is 0. The highest BCUT2D eigenvalue weighted by Crippen LogP contribution is 2.45. The number of carbonyl (C=O) groups excluding carboxylic acids is 1. The third-order valence-electron chi connectivity index (χ3n) is 7.62. The number of hydrogen-bond acceptors (Lipinski definition) is 6. The SMILES string of the molecule is N#CC[C@]1(n2cc(-c3ncnc4[nH]ccc34)cn2)C[C@@H](N2CCN(C(=O)c3ccc(F)c(F)c3)CC2)C1. The minimum absolute atomic E-state index is 0.152. The van der Waals surface area contributed by atoms with Crippen LogP contribution in [0.25, 0.3) is 22.3 Å². The molecule has 11 heteroatoms. The van der Waals surface area contributed by atoms with Crippen LogP contribution in [0.15, 0.2) is 49.2 Å². The van der Waals surface area contributed by atoms with E-state index in [0.717, 1.165) is 47.3 Å². The van der Waals surface area contributed by atoms with Crippen LogP contribution >= 0.6 is 0 Å². The molecule has 1 aromatic carbocycles. The van der Waals surface area contributed by atoms with E-state index < -0.39 is 11.6 Å². The number of H-pyrrole nitrogens is 1. The standard InChI is InChI=1S/C26H24F2N8O/c27-21-2-1-17(11-22(21)28)25(37)35-9-7-34(8-10-35)19-12-26(13-19,4-5-29)36-15-18(14-33-36)23-20-3-6-30-24(20)32-16-31-23/h1-3,6,11,14-16,19H,4,7-10,12-13H2,(H,30,31,32)/t19-,26+. The second-order valence-corrected chi connectivity index (χ2v) is 9.71. The Kier molecular flexibility index (Phi) is 5.68. The molecule has 3 aromatic heterocycles. The third kappa shape index (κ3) is 4.03. The van der Waals surface area contributed by atoms with E-state index in [2.05, 4.69) is 31.0 Å². The molecule has 1 aliphatic heterocycles. The van der Waals surface area contributed by atoms with Crippen LogP contribution in [0, 0.1) is 23.0 Å². The van der Waals surface area contributed by atoms with Gasteiger partial charge in [0.15, 0.2) is 11.6 Å². The zero-order valence-corrected chi connectivity index (χ0v) is 19.9. The summed E-state index contributed by atoms with van der Waals surface area (Å²) < 4.78 is 28.7. The van der Waals surface area contributed by atoms with Crippen LogP contribution in [0.4, 0.5) is 8.78 Å². The van der Waals surface area contributed by atoms with Crippen LogP contribution in [-0.2, 0) is 5.54 Å². The van der Waals surface area contributed by atoms with Gasteiger partial charge in [-0.05, 0) is 37.1 Å². The maximum absolute atomic E-state index is 13.6. The number of aromatic nitrogens is 5. The molecule has 4 heterocycles. The number of halogens is 2. The number of nitrogens with one attached hydrogen (secondary N) is 1. The van der Waals surface area contributed by atoms with Crippen LogP contribution in [0.3, 0.4) is 0 Å². The maximum Gasteiger partial charge on any atom is 0.254 e. The van der Waals surface area contributed by atoms with Gasteiger partial charge in [0, 0.05) is 61.1 Å². The number of benzene rings is 1. The predicted molar refractivity (Wildman–Crippen MR) is 130 cm³/mol. The molecule has 1 saturated heterocycles. The molecule has 2 fully saturated rings. The van der Waals surface area contributed by atoms with Gasteiger partial charge < -0.3 is 9.88 Å². The average Bonchev–Trinajstić information content (AvgIpc) is 3.57. The molecule has 4 aromatic rings. The lowest BCUT2D eigenvalue weighted by Crippen LogP contribution is -2.60. The van der Waals surface area contributed by atoms with E-state index >= 15 is 0 Å². The Labute approximate surface area is 211 Å². The highest BCUT2D eigenvalue weighted by molar-refractivity contribution is 5.94. The molecule has 0 atom stereocenters. The first-order chi connectivity index (χ1) is 18.0. The van der Waals surface area contributed by atoms with Gasteiger partial charge in [0.1, 0.15) is 12.0 Å². The Morgan fingerprint density at radius 2 is 1.95 bits per heavy atom. The van der Waals surface area contributed by atoms with E-state index in [4.69, 9.17) is 0 Å². The Hall–Kier alpha value is -4.17. The van der Waals surface area contributed by atoms with Gasteiger partial charge >= 0.3 is 0 Å². The molecule has 188 valence electrons. The van der Waals surface area contributed by atoms with Gasteiger partial charge in [0.25, 0.3) is 5.91 Å². The zero-order chi connectivity index (χ0) is 25.6. The fourth-order valence-corrected chi connectivity index (χ4v) is 5.54. The Morgan fingerprint density at radius 1 is 1.14 bits per heavy atom. The highest BCUT2D eigenvalue weighted by atomic mass is 19.2. The molecule has 0 unspecified atom stereocenters. The lowest BCUT2D eigenvalue weighted by molar-refractivity contribution is -0.0158. The monoisotopic (exact) mass is 502 g/mol. The first-order valence-electron chi connectivity index (χ1n) is 12.2. The molecule has 0 bridgehead atoms. The van der Waals surface area contributed by atoms with Crippen LogP contribution in [-0.4, -0.2) is 72.7 Å². The van der Waals surface area contributed by atoms with Crippen molar-refractivity contribution in [2.24, 2.45) is 0 Å². The van der Waals surface area contributed by atoms with Gasteiger partial charge in [0.2, 0.25) is 0 Å². The quantitative estimate of drug-likeness (QED) is 0.449. The number of hydrogen-bond donors (Lipinski definition) is 1. The summed E-state index contributed by atoms with van der Waals surface area (Å²) in [5.74, 6) is -2.28. The number of carbonyl (C=O) groups is 1. The summed E-state index contributed by atoms with van der Waals surface area (Å²) in [7, 11) is 0. The van der Waals surface area contributed by atoms with Gasteiger partial charge in [-0.1, -0.05) is 0 Å². The van der Waals surface area contributed by atoms with Gasteiger partial charge in [-0.2, -0.15) is 10.4 Å². The minimum atomic E-state index is -1.02. The van der Waals surface area contributed by atoms with Crippen molar-refractivity contribution in [3.63, 3.8) is 0 Å². The van der Waals surface area contributed by atoms with Crippen molar-refractivity contribution in [1.29, 1.82) is 5.26 Å². The molecule has 0 radical (unpaired) electrons. The Bertz CT molecular complexity index is 1510. The predicted octanol–water partition coefficient (Wildman–Crippen LogP) is 3.33. The number of fused-ring (bicyclic) bond motifs is 1. The normalized spacial score (nSPS) is 22.1. The topological polar surface area (TPSA) is 107 Å². The highest BCUT2D eigenvalue weighted by Gasteiger charge is 2.49. The molecule has 0 spiro atoms. The Morgan fingerprint density at radius 3 is 2.70 bits per heavy atom. The largest absolute Gasteiger partial charge is 0.346 e. The van der Waals surface area contributed by atoms with E-state index in [-0.39, 0.29) is 23.1 Å². The Balaban J connectivity index is 1.12. The molecule has 2 aliphatic rings. The van der Waals surface area contributed by atoms with Crippen molar-refractivity contribution in [3.05, 3.63) is 66.4 Å². The molecule has 1 N–H and O–H groups in total. The van der Waals surface area contributed by atoms with E-state index in [9.17, 15) is 18.8 Å². The summed E-state index contributed by atoms with van der Waals surface area (Å²) in [4.78, 5) is 28.5. The van der Waals surface area contributed by atoms with Crippen LogP contribution < -0.4 is 0 Å². The van der Waals surface area contributed by atoms with Crippen LogP contribution in [0.2, 0.25) is 0 Å². The summed E-state index contributed by atoms with van der Waals surface area (Å²) in [6, 6.07) is 7.79. The maximum atomic E-state index is 13.6. The number of amides is 1. The lowest BCUT2D eigenvalue weighted by atomic mass is 9.70. The molecular weight excluding hydrogens is 478 g/mol. The fourth-order valence-electron chi connectivity index (χ4n) is 5.54. The lowest BCUT2D eigenvalue weighted by Gasteiger charge is -2.52. The molecule has 37 heavy (non-hydrogen) atoms. The summed E-state index contributed by atoms with van der Waals surface area (Å²) in [5.41, 5.74) is 2.19. The van der Waals surface area contributed by atoms with Crippen molar-refractivity contribution >= 4 is 16.9 Å². The van der Waals surface area contributed by atoms with Crippen molar-refractivity contribution in [2.45, 2.75) is 30.8 Å². The summed E-state index contributed by atoms with van der Waals surface area (Å²) in [6.45, 7) is 2.37. The fraction of sp³-hybridized carbons (Fsp3) is 0.346. The average molecular weight is 503 g/mol. The van der Waals surface area contributed by atoms with Crippen molar-refractivity contribution in [2.75, 3.05) is 26.2 Å². The second-order valence-electron chi connectivity index (χ2n) is 9.71. The van der Waals surface area contributed by atoms with Crippen LogP contribution in [0.5, 0.6) is 0 Å².